The van der Waals surface area contributed by atoms with Gasteiger partial charge in [0.05, 0.1) is 12.5 Å². The number of esters is 1. The predicted molar refractivity (Wildman–Crippen MR) is 78.6 cm³/mol. The average Bonchev–Trinajstić information content (AvgIpc) is 2.27. The Kier molecular flexibility index (Phi) is 5.71. The van der Waals surface area contributed by atoms with Gasteiger partial charge in [-0.3, -0.25) is 4.79 Å². The average molecular weight is 347 g/mol. The lowest BCUT2D eigenvalue weighted by atomic mass is 9.76. The highest BCUT2D eigenvalue weighted by Crippen LogP contribution is 2.38. The summed E-state index contributed by atoms with van der Waals surface area (Å²) in [6.45, 7) is 7.20. The zero-order valence-corrected chi connectivity index (χ0v) is 13.7. The molecule has 0 aliphatic rings. The third kappa shape index (κ3) is 3.58. The topological polar surface area (TPSA) is 46.5 Å². The van der Waals surface area contributed by atoms with E-state index in [9.17, 15) is 14.3 Å². The number of rotatable bonds is 5. The fourth-order valence-corrected chi connectivity index (χ4v) is 3.20. The van der Waals surface area contributed by atoms with Crippen molar-refractivity contribution in [3.8, 4) is 0 Å². The second kappa shape index (κ2) is 6.68. The standard InChI is InChI=1S/C15H20BrFO3/c1-5-20-14(18)13(9(2)3)15(4,19)11-7-6-10(17)8-12(11)16/h6-9,13,19H,5H2,1-4H3. The van der Waals surface area contributed by atoms with Crippen molar-refractivity contribution in [2.75, 3.05) is 6.61 Å². The summed E-state index contributed by atoms with van der Waals surface area (Å²) in [6.07, 6.45) is 0. The SMILES string of the molecule is CCOC(=O)C(C(C)C)C(C)(O)c1ccc(F)cc1Br. The number of halogens is 2. The molecular formula is C15H20BrFO3. The number of hydrogen-bond donors (Lipinski definition) is 1. The summed E-state index contributed by atoms with van der Waals surface area (Å²) >= 11 is 3.24. The molecule has 3 nitrogen and oxygen atoms in total. The Bertz CT molecular complexity index is 486. The molecule has 20 heavy (non-hydrogen) atoms. The summed E-state index contributed by atoms with van der Waals surface area (Å²) in [5.74, 6) is -1.72. The molecular weight excluding hydrogens is 327 g/mol. The molecule has 0 bridgehead atoms. The highest BCUT2D eigenvalue weighted by Gasteiger charge is 2.43. The first-order chi connectivity index (χ1) is 9.21. The van der Waals surface area contributed by atoms with E-state index < -0.39 is 23.3 Å². The van der Waals surface area contributed by atoms with E-state index in [4.69, 9.17) is 4.74 Å². The number of benzene rings is 1. The molecule has 0 spiro atoms. The van der Waals surface area contributed by atoms with Crippen LogP contribution in [-0.2, 0) is 15.1 Å². The quantitative estimate of drug-likeness (QED) is 0.828. The third-order valence-electron chi connectivity index (χ3n) is 3.29. The van der Waals surface area contributed by atoms with E-state index in [-0.39, 0.29) is 12.5 Å². The number of hydrogen-bond acceptors (Lipinski definition) is 3. The van der Waals surface area contributed by atoms with E-state index in [1.54, 1.807) is 13.8 Å². The van der Waals surface area contributed by atoms with Gasteiger partial charge in [-0.05, 0) is 37.5 Å². The van der Waals surface area contributed by atoms with Crippen LogP contribution in [0, 0.1) is 17.7 Å². The Morgan fingerprint density at radius 3 is 2.55 bits per heavy atom. The first kappa shape index (κ1) is 17.1. The Morgan fingerprint density at radius 2 is 2.10 bits per heavy atom. The monoisotopic (exact) mass is 346 g/mol. The van der Waals surface area contributed by atoms with Gasteiger partial charge in [-0.25, -0.2) is 4.39 Å². The lowest BCUT2D eigenvalue weighted by Gasteiger charge is -2.35. The molecule has 0 saturated carbocycles. The Balaban J connectivity index is 3.25. The summed E-state index contributed by atoms with van der Waals surface area (Å²) in [5.41, 5.74) is -0.988. The largest absolute Gasteiger partial charge is 0.466 e. The number of carbonyl (C=O) groups excluding carboxylic acids is 1. The van der Waals surface area contributed by atoms with Gasteiger partial charge in [-0.1, -0.05) is 35.8 Å². The maximum absolute atomic E-state index is 13.2. The van der Waals surface area contributed by atoms with Gasteiger partial charge >= 0.3 is 5.97 Å². The summed E-state index contributed by atoms with van der Waals surface area (Å²) < 4.78 is 18.6. The molecule has 1 rings (SSSR count). The summed E-state index contributed by atoms with van der Waals surface area (Å²) in [6, 6.07) is 4.01. The van der Waals surface area contributed by atoms with Gasteiger partial charge in [0.1, 0.15) is 11.4 Å². The minimum Gasteiger partial charge on any atom is -0.466 e. The van der Waals surface area contributed by atoms with Crippen molar-refractivity contribution in [1.29, 1.82) is 0 Å². The number of carbonyl (C=O) groups is 1. The molecule has 0 heterocycles. The van der Waals surface area contributed by atoms with Gasteiger partial charge in [-0.15, -0.1) is 0 Å². The van der Waals surface area contributed by atoms with E-state index in [2.05, 4.69) is 15.9 Å². The Labute approximate surface area is 127 Å². The molecule has 0 aromatic heterocycles. The summed E-state index contributed by atoms with van der Waals surface area (Å²) in [7, 11) is 0. The molecule has 1 N–H and O–H groups in total. The van der Waals surface area contributed by atoms with Crippen LogP contribution in [0.25, 0.3) is 0 Å². The van der Waals surface area contributed by atoms with Gasteiger partial charge < -0.3 is 9.84 Å². The molecule has 0 aliphatic heterocycles. The van der Waals surface area contributed by atoms with Crippen molar-refractivity contribution in [3.05, 3.63) is 34.1 Å². The zero-order chi connectivity index (χ0) is 15.5. The van der Waals surface area contributed by atoms with Crippen molar-refractivity contribution in [3.63, 3.8) is 0 Å². The molecule has 112 valence electrons. The van der Waals surface area contributed by atoms with Gasteiger partial charge in [0.15, 0.2) is 0 Å². The summed E-state index contributed by atoms with van der Waals surface area (Å²) in [4.78, 5) is 12.1. The van der Waals surface area contributed by atoms with E-state index in [0.717, 1.165) is 0 Å². The molecule has 0 saturated heterocycles. The van der Waals surface area contributed by atoms with Crippen molar-refractivity contribution in [2.45, 2.75) is 33.3 Å². The normalized spacial score (nSPS) is 15.8. The van der Waals surface area contributed by atoms with Crippen molar-refractivity contribution in [2.24, 2.45) is 11.8 Å². The van der Waals surface area contributed by atoms with Crippen LogP contribution in [0.15, 0.2) is 22.7 Å². The lowest BCUT2D eigenvalue weighted by Crippen LogP contribution is -2.41. The fraction of sp³-hybridized carbons (Fsp3) is 0.533. The predicted octanol–water partition coefficient (Wildman–Crippen LogP) is 3.63. The molecule has 2 atom stereocenters. The molecule has 2 unspecified atom stereocenters. The molecule has 0 aliphatic carbocycles. The van der Waals surface area contributed by atoms with Crippen LogP contribution < -0.4 is 0 Å². The van der Waals surface area contributed by atoms with Gasteiger partial charge in [0, 0.05) is 4.47 Å². The van der Waals surface area contributed by atoms with Gasteiger partial charge in [0.25, 0.3) is 0 Å². The second-order valence-electron chi connectivity index (χ2n) is 5.25. The van der Waals surface area contributed by atoms with Crippen molar-refractivity contribution >= 4 is 21.9 Å². The number of aliphatic hydroxyl groups is 1. The van der Waals surface area contributed by atoms with Crippen LogP contribution in [0.1, 0.15) is 33.3 Å². The molecule has 1 aromatic carbocycles. The van der Waals surface area contributed by atoms with E-state index >= 15 is 0 Å². The van der Waals surface area contributed by atoms with Crippen molar-refractivity contribution in [1.82, 2.24) is 0 Å². The van der Waals surface area contributed by atoms with Crippen LogP contribution in [0.5, 0.6) is 0 Å². The molecule has 0 fully saturated rings. The van der Waals surface area contributed by atoms with Crippen LogP contribution in [0.3, 0.4) is 0 Å². The highest BCUT2D eigenvalue weighted by molar-refractivity contribution is 9.10. The van der Waals surface area contributed by atoms with Crippen LogP contribution in [0.2, 0.25) is 0 Å². The minimum absolute atomic E-state index is 0.124. The maximum Gasteiger partial charge on any atom is 0.312 e. The summed E-state index contributed by atoms with van der Waals surface area (Å²) in [5, 5.41) is 10.8. The molecule has 1 aromatic rings. The van der Waals surface area contributed by atoms with Crippen LogP contribution in [-0.4, -0.2) is 17.7 Å². The molecule has 5 heteroatoms. The molecule has 0 radical (unpaired) electrons. The smallest absolute Gasteiger partial charge is 0.312 e. The van der Waals surface area contributed by atoms with Gasteiger partial charge in [-0.2, -0.15) is 0 Å². The van der Waals surface area contributed by atoms with E-state index in [0.29, 0.717) is 10.0 Å². The Morgan fingerprint density at radius 1 is 1.50 bits per heavy atom. The zero-order valence-electron chi connectivity index (χ0n) is 12.1. The van der Waals surface area contributed by atoms with Crippen LogP contribution >= 0.6 is 15.9 Å². The number of ether oxygens (including phenoxy) is 1. The third-order valence-corrected chi connectivity index (χ3v) is 3.95. The Hall–Kier alpha value is -0.940. The fourth-order valence-electron chi connectivity index (χ4n) is 2.45. The van der Waals surface area contributed by atoms with Crippen LogP contribution in [0.4, 0.5) is 4.39 Å². The second-order valence-corrected chi connectivity index (χ2v) is 6.10. The first-order valence-corrected chi connectivity index (χ1v) is 7.35. The molecule has 0 amide bonds. The highest BCUT2D eigenvalue weighted by atomic mass is 79.9. The first-order valence-electron chi connectivity index (χ1n) is 6.56. The maximum atomic E-state index is 13.2. The van der Waals surface area contributed by atoms with E-state index in [1.807, 2.05) is 13.8 Å². The lowest BCUT2D eigenvalue weighted by molar-refractivity contribution is -0.161. The van der Waals surface area contributed by atoms with E-state index in [1.165, 1.54) is 18.2 Å². The van der Waals surface area contributed by atoms with Gasteiger partial charge in [0.2, 0.25) is 0 Å². The minimum atomic E-state index is -1.45. The van der Waals surface area contributed by atoms with Crippen molar-refractivity contribution < 1.29 is 19.0 Å².